The summed E-state index contributed by atoms with van der Waals surface area (Å²) in [5, 5.41) is 0. The van der Waals surface area contributed by atoms with Crippen LogP contribution in [0.25, 0.3) is 0 Å². The average Bonchev–Trinajstić information content (AvgIpc) is 2.92. The highest BCUT2D eigenvalue weighted by Crippen LogP contribution is 2.66. The maximum Gasteiger partial charge on any atom is 0.302 e. The highest BCUT2D eigenvalue weighted by Gasteiger charge is 2.58. The van der Waals surface area contributed by atoms with Crippen LogP contribution in [0.1, 0.15) is 78.6 Å². The number of hydrogen-bond donors (Lipinski definition) is 0. The van der Waals surface area contributed by atoms with Crippen LogP contribution in [0, 0.1) is 34.5 Å². The first-order chi connectivity index (χ1) is 12.3. The molecule has 3 fully saturated rings. The molecule has 0 heterocycles. The molecule has 0 saturated heterocycles. The molecule has 0 aromatic carbocycles. The minimum Gasteiger partial charge on any atom is -0.466 e. The monoisotopic (exact) mass is 358 g/mol. The van der Waals surface area contributed by atoms with E-state index < -0.39 is 0 Å². The molecule has 3 saturated carbocycles. The summed E-state index contributed by atoms with van der Waals surface area (Å²) in [4.78, 5) is 23.0. The van der Waals surface area contributed by atoms with Gasteiger partial charge in [0.1, 0.15) is 0 Å². The van der Waals surface area contributed by atoms with E-state index in [-0.39, 0.29) is 11.4 Å². The number of esters is 1. The Morgan fingerprint density at radius 3 is 2.69 bits per heavy atom. The maximum absolute atomic E-state index is 11.9. The Morgan fingerprint density at radius 2 is 1.92 bits per heavy atom. The minimum atomic E-state index is -0.153. The topological polar surface area (TPSA) is 43.4 Å². The molecular formula is C23H34O3. The first kappa shape index (κ1) is 18.3. The summed E-state index contributed by atoms with van der Waals surface area (Å²) in [5.74, 6) is 3.30. The van der Waals surface area contributed by atoms with Crippen LogP contribution in [-0.2, 0) is 14.3 Å². The van der Waals surface area contributed by atoms with Crippen molar-refractivity contribution < 1.29 is 14.3 Å². The van der Waals surface area contributed by atoms with Gasteiger partial charge in [0.15, 0.2) is 5.78 Å². The lowest BCUT2D eigenvalue weighted by Crippen LogP contribution is -2.50. The summed E-state index contributed by atoms with van der Waals surface area (Å²) < 4.78 is 5.25. The predicted molar refractivity (Wildman–Crippen MR) is 101 cm³/mol. The Morgan fingerprint density at radius 1 is 1.12 bits per heavy atom. The van der Waals surface area contributed by atoms with Crippen molar-refractivity contribution in [2.75, 3.05) is 6.61 Å². The van der Waals surface area contributed by atoms with E-state index >= 15 is 0 Å². The number of allylic oxidation sites excluding steroid dienone is 1. The normalized spacial score (nSPS) is 44.6. The molecule has 26 heavy (non-hydrogen) atoms. The van der Waals surface area contributed by atoms with Crippen molar-refractivity contribution >= 4 is 11.8 Å². The number of rotatable bonds is 3. The Balaban J connectivity index is 1.52. The third kappa shape index (κ3) is 2.77. The van der Waals surface area contributed by atoms with E-state index in [1.165, 1.54) is 44.6 Å². The van der Waals surface area contributed by atoms with E-state index in [0.717, 1.165) is 43.4 Å². The van der Waals surface area contributed by atoms with Crippen molar-refractivity contribution in [2.24, 2.45) is 34.5 Å². The smallest absolute Gasteiger partial charge is 0.302 e. The first-order valence-corrected chi connectivity index (χ1v) is 10.7. The molecule has 4 aliphatic rings. The van der Waals surface area contributed by atoms with Crippen LogP contribution in [-0.4, -0.2) is 18.4 Å². The summed E-state index contributed by atoms with van der Waals surface area (Å²) in [6.45, 7) is 7.07. The van der Waals surface area contributed by atoms with E-state index in [0.29, 0.717) is 23.7 Å². The third-order valence-corrected chi connectivity index (χ3v) is 8.93. The highest BCUT2D eigenvalue weighted by atomic mass is 16.5. The molecule has 0 N–H and O–H groups in total. The molecule has 0 aromatic rings. The van der Waals surface area contributed by atoms with Gasteiger partial charge in [-0.25, -0.2) is 0 Å². The molecule has 0 amide bonds. The van der Waals surface area contributed by atoms with Crippen LogP contribution < -0.4 is 0 Å². The summed E-state index contributed by atoms with van der Waals surface area (Å²) >= 11 is 0. The summed E-state index contributed by atoms with van der Waals surface area (Å²) in [5.41, 5.74) is 2.15. The number of carbonyl (C=O) groups excluding carboxylic acids is 2. The number of fused-ring (bicyclic) bond motifs is 5. The van der Waals surface area contributed by atoms with Crippen molar-refractivity contribution in [3.8, 4) is 0 Å². The van der Waals surface area contributed by atoms with E-state index in [9.17, 15) is 9.59 Å². The van der Waals surface area contributed by atoms with Crippen LogP contribution in [0.2, 0.25) is 0 Å². The lowest BCUT2D eigenvalue weighted by molar-refractivity contribution is -0.141. The molecule has 0 spiro atoms. The molecule has 3 nitrogen and oxygen atoms in total. The first-order valence-electron chi connectivity index (χ1n) is 10.7. The molecule has 0 aromatic heterocycles. The van der Waals surface area contributed by atoms with Gasteiger partial charge in [-0.2, -0.15) is 0 Å². The van der Waals surface area contributed by atoms with Crippen molar-refractivity contribution in [3.05, 3.63) is 11.6 Å². The lowest BCUT2D eigenvalue weighted by Gasteiger charge is -2.58. The van der Waals surface area contributed by atoms with E-state index in [1.54, 1.807) is 0 Å². The van der Waals surface area contributed by atoms with Gasteiger partial charge < -0.3 is 4.74 Å². The molecule has 3 heteroatoms. The fraction of sp³-hybridized carbons (Fsp3) is 0.826. The van der Waals surface area contributed by atoms with E-state index in [2.05, 4.69) is 13.8 Å². The molecule has 4 aliphatic carbocycles. The number of ketones is 1. The standard InChI is InChI=1S/C23H34O3/c1-15(24)26-13-10-16-5-7-20-19-6-4-17-14-18(25)8-11-23(17,3)21(19)9-12-22(16,20)2/h14,16,19-21H,4-13H2,1-3H3/t16-,19+,20+,21+,22-,23+/m1/s1. The summed E-state index contributed by atoms with van der Waals surface area (Å²) in [6, 6.07) is 0. The molecular weight excluding hydrogens is 324 g/mol. The molecule has 0 unspecified atom stereocenters. The van der Waals surface area contributed by atoms with Gasteiger partial charge in [0.05, 0.1) is 6.61 Å². The second-order valence-corrected chi connectivity index (χ2v) is 9.92. The fourth-order valence-corrected chi connectivity index (χ4v) is 7.49. The van der Waals surface area contributed by atoms with Crippen molar-refractivity contribution in [1.29, 1.82) is 0 Å². The Labute approximate surface area is 157 Å². The van der Waals surface area contributed by atoms with Crippen LogP contribution in [0.15, 0.2) is 11.6 Å². The Kier molecular flexibility index (Phi) is 4.56. The number of ether oxygens (including phenoxy) is 1. The van der Waals surface area contributed by atoms with Gasteiger partial charge >= 0.3 is 5.97 Å². The van der Waals surface area contributed by atoms with Gasteiger partial charge in [0, 0.05) is 13.3 Å². The van der Waals surface area contributed by atoms with Gasteiger partial charge in [-0.1, -0.05) is 19.4 Å². The fourth-order valence-electron chi connectivity index (χ4n) is 7.49. The largest absolute Gasteiger partial charge is 0.466 e. The van der Waals surface area contributed by atoms with Crippen molar-refractivity contribution in [2.45, 2.75) is 78.6 Å². The number of carbonyl (C=O) groups is 2. The number of hydrogen-bond acceptors (Lipinski definition) is 3. The van der Waals surface area contributed by atoms with Crippen LogP contribution in [0.5, 0.6) is 0 Å². The SMILES string of the molecule is CC(=O)OCC[C@H]1CC[C@H]2[C@@H]3CCC4=CC(=O)CC[C@]4(C)[C@H]3CC[C@]12C. The van der Waals surface area contributed by atoms with Crippen LogP contribution in [0.4, 0.5) is 0 Å². The van der Waals surface area contributed by atoms with E-state index in [1.807, 2.05) is 6.08 Å². The Bertz CT molecular complexity index is 635. The predicted octanol–water partition coefficient (Wildman–Crippen LogP) is 5.09. The zero-order chi connectivity index (χ0) is 18.5. The van der Waals surface area contributed by atoms with Crippen molar-refractivity contribution in [1.82, 2.24) is 0 Å². The second-order valence-electron chi connectivity index (χ2n) is 9.92. The van der Waals surface area contributed by atoms with Gasteiger partial charge in [-0.3, -0.25) is 9.59 Å². The lowest BCUT2D eigenvalue weighted by atomic mass is 9.47. The maximum atomic E-state index is 11.9. The van der Waals surface area contributed by atoms with Gasteiger partial charge in [0.25, 0.3) is 0 Å². The van der Waals surface area contributed by atoms with Crippen LogP contribution >= 0.6 is 0 Å². The summed E-state index contributed by atoms with van der Waals surface area (Å²) in [6.07, 6.45) is 12.5. The third-order valence-electron chi connectivity index (χ3n) is 8.93. The molecule has 0 bridgehead atoms. The van der Waals surface area contributed by atoms with Gasteiger partial charge in [-0.05, 0) is 91.9 Å². The van der Waals surface area contributed by atoms with E-state index in [4.69, 9.17) is 4.74 Å². The molecule has 0 aliphatic heterocycles. The zero-order valence-electron chi connectivity index (χ0n) is 16.7. The van der Waals surface area contributed by atoms with Gasteiger partial charge in [-0.15, -0.1) is 0 Å². The van der Waals surface area contributed by atoms with Crippen LogP contribution in [0.3, 0.4) is 0 Å². The molecule has 4 rings (SSSR count). The highest BCUT2D eigenvalue weighted by molar-refractivity contribution is 5.91. The molecule has 144 valence electrons. The van der Waals surface area contributed by atoms with Gasteiger partial charge in [0.2, 0.25) is 0 Å². The molecule has 0 radical (unpaired) electrons. The molecule has 6 atom stereocenters. The Hall–Kier alpha value is -1.12. The van der Waals surface area contributed by atoms with Crippen molar-refractivity contribution in [3.63, 3.8) is 0 Å². The quantitative estimate of drug-likeness (QED) is 0.660. The average molecular weight is 359 g/mol. The summed E-state index contributed by atoms with van der Waals surface area (Å²) in [7, 11) is 0. The second kappa shape index (κ2) is 6.49. The zero-order valence-corrected chi connectivity index (χ0v) is 16.7. The minimum absolute atomic E-state index is 0.153.